The van der Waals surface area contributed by atoms with Crippen molar-refractivity contribution in [3.63, 3.8) is 0 Å². The highest BCUT2D eigenvalue weighted by Crippen LogP contribution is 2.24. The van der Waals surface area contributed by atoms with E-state index in [-0.39, 0.29) is 12.3 Å². The van der Waals surface area contributed by atoms with Crippen LogP contribution in [0.2, 0.25) is 0 Å². The number of amides is 1. The summed E-state index contributed by atoms with van der Waals surface area (Å²) in [6, 6.07) is 5.37. The number of hydrogen-bond donors (Lipinski definition) is 1. The quantitative estimate of drug-likeness (QED) is 0.592. The summed E-state index contributed by atoms with van der Waals surface area (Å²) >= 11 is 0. The van der Waals surface area contributed by atoms with Crippen molar-refractivity contribution < 1.29 is 18.7 Å². The normalized spacial score (nSPS) is 10.8. The van der Waals surface area contributed by atoms with Gasteiger partial charge in [-0.05, 0) is 37.5 Å². The van der Waals surface area contributed by atoms with Crippen molar-refractivity contribution >= 4 is 16.9 Å². The van der Waals surface area contributed by atoms with Crippen LogP contribution in [-0.2, 0) is 16.0 Å². The summed E-state index contributed by atoms with van der Waals surface area (Å²) in [6.07, 6.45) is 1.37. The molecule has 0 saturated carbocycles. The van der Waals surface area contributed by atoms with Crippen molar-refractivity contribution in [3.05, 3.63) is 39.7 Å². The Kier molecular flexibility index (Phi) is 6.37. The van der Waals surface area contributed by atoms with Gasteiger partial charge in [0.05, 0.1) is 7.11 Å². The van der Waals surface area contributed by atoms with Crippen LogP contribution < -0.4 is 15.7 Å². The minimum atomic E-state index is -0.402. The van der Waals surface area contributed by atoms with Gasteiger partial charge in [0, 0.05) is 43.7 Å². The number of fused-ring (bicyclic) bond motifs is 1. The van der Waals surface area contributed by atoms with Crippen LogP contribution in [0.3, 0.4) is 0 Å². The molecule has 0 aliphatic heterocycles. The lowest BCUT2D eigenvalue weighted by Gasteiger charge is -2.09. The van der Waals surface area contributed by atoms with E-state index >= 15 is 0 Å². The SMILES string of the molecule is COCCCNC(=O)CCc1c(C)c2ccc(OC)cc2oc1=O. The summed E-state index contributed by atoms with van der Waals surface area (Å²) in [5.41, 5.74) is 1.47. The van der Waals surface area contributed by atoms with Gasteiger partial charge in [0.2, 0.25) is 5.91 Å². The molecular formula is C18H23NO5. The second kappa shape index (κ2) is 8.49. The number of hydrogen-bond acceptors (Lipinski definition) is 5. The molecule has 2 aromatic rings. The molecule has 2 rings (SSSR count). The Morgan fingerprint density at radius 2 is 2.08 bits per heavy atom. The molecule has 1 N–H and O–H groups in total. The van der Waals surface area contributed by atoms with Crippen LogP contribution in [0.1, 0.15) is 24.0 Å². The molecule has 0 unspecified atom stereocenters. The highest BCUT2D eigenvalue weighted by Gasteiger charge is 2.13. The summed E-state index contributed by atoms with van der Waals surface area (Å²) in [4.78, 5) is 24.1. The first-order valence-electron chi connectivity index (χ1n) is 7.92. The largest absolute Gasteiger partial charge is 0.497 e. The zero-order valence-electron chi connectivity index (χ0n) is 14.3. The number of ether oxygens (including phenoxy) is 2. The highest BCUT2D eigenvalue weighted by atomic mass is 16.5. The molecule has 6 nitrogen and oxygen atoms in total. The van der Waals surface area contributed by atoms with Gasteiger partial charge in [-0.3, -0.25) is 4.79 Å². The maximum absolute atomic E-state index is 12.2. The van der Waals surface area contributed by atoms with Gasteiger partial charge in [-0.2, -0.15) is 0 Å². The molecule has 1 heterocycles. The minimum Gasteiger partial charge on any atom is -0.497 e. The summed E-state index contributed by atoms with van der Waals surface area (Å²) in [6.45, 7) is 3.05. The fourth-order valence-electron chi connectivity index (χ4n) is 2.56. The van der Waals surface area contributed by atoms with E-state index in [4.69, 9.17) is 13.9 Å². The van der Waals surface area contributed by atoms with E-state index < -0.39 is 5.63 Å². The Morgan fingerprint density at radius 1 is 1.29 bits per heavy atom. The van der Waals surface area contributed by atoms with Crippen molar-refractivity contribution in [1.29, 1.82) is 0 Å². The summed E-state index contributed by atoms with van der Waals surface area (Å²) < 4.78 is 15.4. The Hall–Kier alpha value is -2.34. The van der Waals surface area contributed by atoms with Gasteiger partial charge in [-0.1, -0.05) is 0 Å². The van der Waals surface area contributed by atoms with Gasteiger partial charge in [0.1, 0.15) is 11.3 Å². The molecule has 6 heteroatoms. The zero-order valence-corrected chi connectivity index (χ0v) is 14.3. The van der Waals surface area contributed by atoms with Gasteiger partial charge in [0.25, 0.3) is 0 Å². The molecule has 0 bridgehead atoms. The van der Waals surface area contributed by atoms with Crippen molar-refractivity contribution in [2.75, 3.05) is 27.4 Å². The molecule has 0 spiro atoms. The van der Waals surface area contributed by atoms with E-state index in [9.17, 15) is 9.59 Å². The molecule has 130 valence electrons. The lowest BCUT2D eigenvalue weighted by molar-refractivity contribution is -0.121. The molecule has 24 heavy (non-hydrogen) atoms. The number of carbonyl (C=O) groups is 1. The third-order valence-electron chi connectivity index (χ3n) is 3.94. The molecule has 0 aliphatic rings. The summed E-state index contributed by atoms with van der Waals surface area (Å²) in [5, 5.41) is 3.66. The Labute approximate surface area is 140 Å². The lowest BCUT2D eigenvalue weighted by Crippen LogP contribution is -2.26. The van der Waals surface area contributed by atoms with E-state index in [1.807, 2.05) is 19.1 Å². The number of carbonyl (C=O) groups excluding carboxylic acids is 1. The van der Waals surface area contributed by atoms with Crippen LogP contribution in [0.25, 0.3) is 11.0 Å². The highest BCUT2D eigenvalue weighted by molar-refractivity contribution is 5.82. The van der Waals surface area contributed by atoms with Crippen molar-refractivity contribution in [3.8, 4) is 5.75 Å². The van der Waals surface area contributed by atoms with Gasteiger partial charge in [0.15, 0.2) is 0 Å². The van der Waals surface area contributed by atoms with Gasteiger partial charge < -0.3 is 19.2 Å². The van der Waals surface area contributed by atoms with Crippen LogP contribution in [0.15, 0.2) is 27.4 Å². The topological polar surface area (TPSA) is 77.8 Å². The number of aryl methyl sites for hydroxylation is 1. The number of benzene rings is 1. The average Bonchev–Trinajstić information content (AvgIpc) is 2.58. The van der Waals surface area contributed by atoms with Crippen LogP contribution in [0.4, 0.5) is 0 Å². The van der Waals surface area contributed by atoms with Gasteiger partial charge in [-0.15, -0.1) is 0 Å². The smallest absolute Gasteiger partial charge is 0.339 e. The van der Waals surface area contributed by atoms with Crippen LogP contribution in [0.5, 0.6) is 5.75 Å². The first-order chi connectivity index (χ1) is 11.6. The van der Waals surface area contributed by atoms with E-state index in [1.165, 1.54) is 0 Å². The number of rotatable bonds is 8. The number of methoxy groups -OCH3 is 2. The minimum absolute atomic E-state index is 0.0836. The molecule has 1 aromatic carbocycles. The molecular weight excluding hydrogens is 310 g/mol. The first kappa shape index (κ1) is 18.0. The summed E-state index contributed by atoms with van der Waals surface area (Å²) in [5.74, 6) is 0.549. The molecule has 0 fully saturated rings. The average molecular weight is 333 g/mol. The molecule has 1 amide bonds. The molecule has 1 aromatic heterocycles. The summed E-state index contributed by atoms with van der Waals surface area (Å²) in [7, 11) is 3.19. The van der Waals surface area contributed by atoms with Crippen molar-refractivity contribution in [2.45, 2.75) is 26.2 Å². The second-order valence-corrected chi connectivity index (χ2v) is 5.55. The van der Waals surface area contributed by atoms with E-state index in [0.717, 1.165) is 17.4 Å². The fraction of sp³-hybridized carbons (Fsp3) is 0.444. The van der Waals surface area contributed by atoms with Crippen molar-refractivity contribution in [2.24, 2.45) is 0 Å². The van der Waals surface area contributed by atoms with Crippen molar-refractivity contribution in [1.82, 2.24) is 5.32 Å². The molecule has 0 radical (unpaired) electrons. The van der Waals surface area contributed by atoms with E-state index in [1.54, 1.807) is 20.3 Å². The standard InChI is InChI=1S/C18H23NO5/c1-12-14-6-5-13(23-3)11-16(14)24-18(21)15(12)7-8-17(20)19-9-4-10-22-2/h5-6,11H,4,7-10H2,1-3H3,(H,19,20). The van der Waals surface area contributed by atoms with Crippen LogP contribution in [-0.4, -0.2) is 33.3 Å². The Balaban J connectivity index is 2.09. The predicted octanol–water partition coefficient (Wildman–Crippen LogP) is 2.20. The third kappa shape index (κ3) is 4.35. The zero-order chi connectivity index (χ0) is 17.5. The Bertz CT molecular complexity index is 766. The van der Waals surface area contributed by atoms with Crippen LogP contribution in [0, 0.1) is 6.92 Å². The maximum Gasteiger partial charge on any atom is 0.339 e. The monoisotopic (exact) mass is 333 g/mol. The molecule has 0 atom stereocenters. The predicted molar refractivity (Wildman–Crippen MR) is 91.6 cm³/mol. The lowest BCUT2D eigenvalue weighted by atomic mass is 10.0. The van der Waals surface area contributed by atoms with E-state index in [0.29, 0.717) is 36.5 Å². The second-order valence-electron chi connectivity index (χ2n) is 5.55. The Morgan fingerprint density at radius 3 is 2.79 bits per heavy atom. The van der Waals surface area contributed by atoms with Gasteiger partial charge >= 0.3 is 5.63 Å². The fourth-order valence-corrected chi connectivity index (χ4v) is 2.56. The first-order valence-corrected chi connectivity index (χ1v) is 7.92. The van der Waals surface area contributed by atoms with Crippen LogP contribution >= 0.6 is 0 Å². The molecule has 0 saturated heterocycles. The molecule has 0 aliphatic carbocycles. The maximum atomic E-state index is 12.2. The third-order valence-corrected chi connectivity index (χ3v) is 3.94. The van der Waals surface area contributed by atoms with Gasteiger partial charge in [-0.25, -0.2) is 4.79 Å². The number of nitrogens with one attached hydrogen (secondary N) is 1. The van der Waals surface area contributed by atoms with E-state index in [2.05, 4.69) is 5.32 Å².